The Hall–Kier alpha value is -1.66. The van der Waals surface area contributed by atoms with Gasteiger partial charge < -0.3 is 19.7 Å². The van der Waals surface area contributed by atoms with E-state index in [4.69, 9.17) is 9.47 Å². The molecule has 0 saturated carbocycles. The van der Waals surface area contributed by atoms with E-state index in [1.165, 1.54) is 0 Å². The summed E-state index contributed by atoms with van der Waals surface area (Å²) in [6.45, 7) is 7.14. The fourth-order valence-electron chi connectivity index (χ4n) is 3.19. The molecule has 0 unspecified atom stereocenters. The molecule has 126 valence electrons. The number of pyridine rings is 1. The van der Waals surface area contributed by atoms with Gasteiger partial charge in [0, 0.05) is 32.4 Å². The van der Waals surface area contributed by atoms with Crippen LogP contribution in [0.3, 0.4) is 0 Å². The smallest absolute Gasteiger partial charge is 0.252 e. The number of rotatable bonds is 4. The predicted octanol–water partition coefficient (Wildman–Crippen LogP) is 1.60. The summed E-state index contributed by atoms with van der Waals surface area (Å²) in [5, 5.41) is 2.92. The number of hydrogen-bond donors (Lipinski definition) is 1. The van der Waals surface area contributed by atoms with Crippen LogP contribution in [0.2, 0.25) is 0 Å². The lowest BCUT2D eigenvalue weighted by Crippen LogP contribution is -2.45. The molecule has 1 aromatic heterocycles. The van der Waals surface area contributed by atoms with E-state index in [2.05, 4.69) is 29.0 Å². The zero-order valence-corrected chi connectivity index (χ0v) is 13.8. The first kappa shape index (κ1) is 16.2. The molecule has 1 amide bonds. The highest BCUT2D eigenvalue weighted by Gasteiger charge is 2.23. The fourth-order valence-corrected chi connectivity index (χ4v) is 3.19. The van der Waals surface area contributed by atoms with Crippen molar-refractivity contribution in [2.24, 2.45) is 0 Å². The molecule has 0 radical (unpaired) electrons. The molecule has 2 aliphatic heterocycles. The number of nitrogens with zero attached hydrogens (tertiary/aromatic N) is 2. The van der Waals surface area contributed by atoms with E-state index in [-0.39, 0.29) is 24.2 Å². The molecule has 1 aromatic rings. The van der Waals surface area contributed by atoms with Crippen LogP contribution in [0.5, 0.6) is 0 Å². The van der Waals surface area contributed by atoms with Crippen molar-refractivity contribution in [2.45, 2.75) is 45.0 Å². The number of ether oxygens (including phenoxy) is 2. The number of anilines is 1. The molecular weight excluding hydrogens is 294 g/mol. The van der Waals surface area contributed by atoms with E-state index >= 15 is 0 Å². The minimum absolute atomic E-state index is 0.0942. The van der Waals surface area contributed by atoms with E-state index < -0.39 is 0 Å². The summed E-state index contributed by atoms with van der Waals surface area (Å²) >= 11 is 0. The van der Waals surface area contributed by atoms with Crippen molar-refractivity contribution in [3.63, 3.8) is 0 Å². The van der Waals surface area contributed by atoms with Crippen molar-refractivity contribution in [2.75, 3.05) is 31.1 Å². The summed E-state index contributed by atoms with van der Waals surface area (Å²) in [5.74, 6) is 0.797. The van der Waals surface area contributed by atoms with E-state index in [0.29, 0.717) is 12.1 Å². The van der Waals surface area contributed by atoms with Crippen molar-refractivity contribution < 1.29 is 14.3 Å². The third kappa shape index (κ3) is 4.20. The molecule has 23 heavy (non-hydrogen) atoms. The van der Waals surface area contributed by atoms with Crippen LogP contribution in [0.4, 0.5) is 5.82 Å². The van der Waals surface area contributed by atoms with Gasteiger partial charge in [-0.25, -0.2) is 4.98 Å². The van der Waals surface area contributed by atoms with Crippen LogP contribution in [0.1, 0.15) is 37.0 Å². The standard InChI is InChI=1S/C17H25N3O3/c1-12-10-20(11-13(2)23-12)16-6-5-14(8-18-16)17(21)19-9-15-4-3-7-22-15/h5-6,8,12-13,15H,3-4,7,9-11H2,1-2H3,(H,19,21)/t12-,13+,15-/m1/s1. The number of carbonyl (C=O) groups is 1. The molecule has 2 saturated heterocycles. The Morgan fingerprint density at radius 1 is 1.35 bits per heavy atom. The first-order valence-corrected chi connectivity index (χ1v) is 8.38. The van der Waals surface area contributed by atoms with Gasteiger partial charge in [-0.1, -0.05) is 0 Å². The SMILES string of the molecule is C[C@@H]1CN(c2ccc(C(=O)NC[C@H]3CCCO3)cn2)C[C@H](C)O1. The number of hydrogen-bond acceptors (Lipinski definition) is 5. The summed E-state index contributed by atoms with van der Waals surface area (Å²) in [6, 6.07) is 3.74. The van der Waals surface area contributed by atoms with Gasteiger partial charge in [0.15, 0.2) is 0 Å². The molecule has 3 heterocycles. The van der Waals surface area contributed by atoms with Gasteiger partial charge >= 0.3 is 0 Å². The Bertz CT molecular complexity index is 518. The van der Waals surface area contributed by atoms with Crippen LogP contribution in [0, 0.1) is 0 Å². The molecular formula is C17H25N3O3. The van der Waals surface area contributed by atoms with Gasteiger partial charge in [-0.3, -0.25) is 4.79 Å². The molecule has 2 fully saturated rings. The molecule has 2 aliphatic rings. The highest BCUT2D eigenvalue weighted by molar-refractivity contribution is 5.94. The Morgan fingerprint density at radius 3 is 2.74 bits per heavy atom. The maximum Gasteiger partial charge on any atom is 0.252 e. The quantitative estimate of drug-likeness (QED) is 0.913. The van der Waals surface area contributed by atoms with Crippen LogP contribution >= 0.6 is 0 Å². The highest BCUT2D eigenvalue weighted by Crippen LogP contribution is 2.18. The van der Waals surface area contributed by atoms with Crippen LogP contribution in [0.15, 0.2) is 18.3 Å². The third-order valence-corrected chi connectivity index (χ3v) is 4.27. The van der Waals surface area contributed by atoms with E-state index in [0.717, 1.165) is 38.4 Å². The van der Waals surface area contributed by atoms with Gasteiger partial charge in [0.25, 0.3) is 5.91 Å². The zero-order chi connectivity index (χ0) is 16.2. The van der Waals surface area contributed by atoms with Gasteiger partial charge in [-0.2, -0.15) is 0 Å². The molecule has 3 atom stereocenters. The molecule has 6 heteroatoms. The van der Waals surface area contributed by atoms with Crippen molar-refractivity contribution in [3.05, 3.63) is 23.9 Å². The highest BCUT2D eigenvalue weighted by atomic mass is 16.5. The average molecular weight is 319 g/mol. The van der Waals surface area contributed by atoms with Crippen LogP contribution in [-0.2, 0) is 9.47 Å². The van der Waals surface area contributed by atoms with Crippen molar-refractivity contribution >= 4 is 11.7 Å². The van der Waals surface area contributed by atoms with Crippen LogP contribution in [0.25, 0.3) is 0 Å². The first-order valence-electron chi connectivity index (χ1n) is 8.38. The normalized spacial score (nSPS) is 27.9. The Morgan fingerprint density at radius 2 is 2.13 bits per heavy atom. The second-order valence-electron chi connectivity index (χ2n) is 6.41. The summed E-state index contributed by atoms with van der Waals surface area (Å²) < 4.78 is 11.2. The number of carbonyl (C=O) groups excluding carboxylic acids is 1. The van der Waals surface area contributed by atoms with E-state index in [9.17, 15) is 4.79 Å². The Labute approximate surface area is 137 Å². The maximum absolute atomic E-state index is 12.2. The van der Waals surface area contributed by atoms with Crippen LogP contribution in [-0.4, -0.2) is 55.4 Å². The lowest BCUT2D eigenvalue weighted by Gasteiger charge is -2.36. The van der Waals surface area contributed by atoms with Gasteiger partial charge in [0.05, 0.1) is 23.9 Å². The van der Waals surface area contributed by atoms with Gasteiger partial charge in [-0.15, -0.1) is 0 Å². The summed E-state index contributed by atoms with van der Waals surface area (Å²) in [5.41, 5.74) is 0.584. The Balaban J connectivity index is 1.56. The molecule has 6 nitrogen and oxygen atoms in total. The van der Waals surface area contributed by atoms with Gasteiger partial charge in [0.1, 0.15) is 5.82 Å². The van der Waals surface area contributed by atoms with Crippen molar-refractivity contribution in [3.8, 4) is 0 Å². The summed E-state index contributed by atoms with van der Waals surface area (Å²) in [4.78, 5) is 18.8. The maximum atomic E-state index is 12.2. The minimum Gasteiger partial charge on any atom is -0.376 e. The predicted molar refractivity (Wildman–Crippen MR) is 87.8 cm³/mol. The minimum atomic E-state index is -0.0942. The largest absolute Gasteiger partial charge is 0.376 e. The second-order valence-corrected chi connectivity index (χ2v) is 6.41. The van der Waals surface area contributed by atoms with E-state index in [1.807, 2.05) is 12.1 Å². The van der Waals surface area contributed by atoms with Crippen molar-refractivity contribution in [1.82, 2.24) is 10.3 Å². The average Bonchev–Trinajstić information content (AvgIpc) is 3.05. The molecule has 0 bridgehead atoms. The molecule has 0 aliphatic carbocycles. The molecule has 0 aromatic carbocycles. The zero-order valence-electron chi connectivity index (χ0n) is 13.8. The molecule has 3 rings (SSSR count). The molecule has 1 N–H and O–H groups in total. The second kappa shape index (κ2) is 7.27. The number of aromatic nitrogens is 1. The third-order valence-electron chi connectivity index (χ3n) is 4.27. The van der Waals surface area contributed by atoms with Crippen LogP contribution < -0.4 is 10.2 Å². The summed E-state index contributed by atoms with van der Waals surface area (Å²) in [6.07, 6.45) is 4.27. The molecule has 0 spiro atoms. The topological polar surface area (TPSA) is 63.7 Å². The summed E-state index contributed by atoms with van der Waals surface area (Å²) in [7, 11) is 0. The number of morpholine rings is 1. The first-order chi connectivity index (χ1) is 11.1. The van der Waals surface area contributed by atoms with Gasteiger partial charge in [0.2, 0.25) is 0 Å². The number of amides is 1. The lowest BCUT2D eigenvalue weighted by atomic mass is 10.2. The Kier molecular flexibility index (Phi) is 5.13. The van der Waals surface area contributed by atoms with E-state index in [1.54, 1.807) is 6.20 Å². The fraction of sp³-hybridized carbons (Fsp3) is 0.647. The van der Waals surface area contributed by atoms with Gasteiger partial charge in [-0.05, 0) is 38.8 Å². The van der Waals surface area contributed by atoms with Crippen molar-refractivity contribution in [1.29, 1.82) is 0 Å². The monoisotopic (exact) mass is 319 g/mol. The number of nitrogens with one attached hydrogen (secondary N) is 1. The lowest BCUT2D eigenvalue weighted by molar-refractivity contribution is -0.00546.